The molecule has 1 aliphatic rings. The number of carbonyl (C=O) groups excluding carboxylic acids is 1. The fraction of sp³-hybridized carbons (Fsp3) is 0.143. The number of anilines is 1. The first-order valence-corrected chi connectivity index (χ1v) is 11.9. The van der Waals surface area contributed by atoms with E-state index in [9.17, 15) is 10.1 Å². The molecule has 4 rings (SSSR count). The van der Waals surface area contributed by atoms with Crippen molar-refractivity contribution in [2.24, 2.45) is 0 Å². The van der Waals surface area contributed by atoms with Crippen molar-refractivity contribution in [3.05, 3.63) is 118 Å². The van der Waals surface area contributed by atoms with Crippen molar-refractivity contribution < 1.29 is 9.53 Å². The van der Waals surface area contributed by atoms with Gasteiger partial charge in [0.1, 0.15) is 5.75 Å². The Balaban J connectivity index is 1.71. The molecular weight excluding hydrogens is 442 g/mol. The van der Waals surface area contributed by atoms with E-state index in [4.69, 9.17) is 4.74 Å². The van der Waals surface area contributed by atoms with Gasteiger partial charge < -0.3 is 15.4 Å². The molecule has 1 unspecified atom stereocenters. The summed E-state index contributed by atoms with van der Waals surface area (Å²) in [7, 11) is 1.57. The van der Waals surface area contributed by atoms with Crippen molar-refractivity contribution in [3.8, 4) is 11.8 Å². The highest BCUT2D eigenvalue weighted by Gasteiger charge is 2.34. The van der Waals surface area contributed by atoms with Gasteiger partial charge in [-0.05, 0) is 30.2 Å². The smallest absolute Gasteiger partial charge is 0.254 e. The quantitative estimate of drug-likeness (QED) is 0.448. The minimum Gasteiger partial charge on any atom is -0.495 e. The molecule has 0 saturated carbocycles. The second-order valence-electron chi connectivity index (χ2n) is 7.79. The van der Waals surface area contributed by atoms with Gasteiger partial charge in [0.2, 0.25) is 0 Å². The van der Waals surface area contributed by atoms with Gasteiger partial charge in [-0.1, -0.05) is 72.8 Å². The number of nitrogens with one attached hydrogen (secondary N) is 2. The standard InChI is InChI=1S/C28H25N3O2S/c1-19-25(27(32)31-23-15-9-10-16-24(23)33-2)26(21-13-7-4-8-14-21)22(17-29)28(30-19)34-18-20-11-5-3-6-12-20/h3-16,26,30H,18H2,1-2H3,(H,31,32). The first-order chi connectivity index (χ1) is 16.6. The Morgan fingerprint density at radius 2 is 1.68 bits per heavy atom. The van der Waals surface area contributed by atoms with Crippen LogP contribution in [0.3, 0.4) is 0 Å². The van der Waals surface area contributed by atoms with Crippen LogP contribution in [0, 0.1) is 11.3 Å². The van der Waals surface area contributed by atoms with Crippen molar-refractivity contribution in [2.75, 3.05) is 12.4 Å². The summed E-state index contributed by atoms with van der Waals surface area (Å²) in [6.45, 7) is 1.88. The van der Waals surface area contributed by atoms with Gasteiger partial charge >= 0.3 is 0 Å². The van der Waals surface area contributed by atoms with Crippen LogP contribution in [0.2, 0.25) is 0 Å². The van der Waals surface area contributed by atoms with Crippen molar-refractivity contribution >= 4 is 23.4 Å². The van der Waals surface area contributed by atoms with Crippen molar-refractivity contribution in [1.82, 2.24) is 5.32 Å². The molecule has 3 aromatic rings. The Hall–Kier alpha value is -3.95. The molecule has 0 aliphatic carbocycles. The van der Waals surface area contributed by atoms with Crippen molar-refractivity contribution in [3.63, 3.8) is 0 Å². The fourth-order valence-electron chi connectivity index (χ4n) is 3.97. The lowest BCUT2D eigenvalue weighted by molar-refractivity contribution is -0.113. The van der Waals surface area contributed by atoms with E-state index in [1.165, 1.54) is 0 Å². The molecule has 0 spiro atoms. The number of amides is 1. The third kappa shape index (κ3) is 5.00. The van der Waals surface area contributed by atoms with Gasteiger partial charge in [0.05, 0.1) is 35.4 Å². The number of carbonyl (C=O) groups is 1. The Morgan fingerprint density at radius 1 is 1.03 bits per heavy atom. The Kier molecular flexibility index (Phi) is 7.36. The molecule has 0 saturated heterocycles. The van der Waals surface area contributed by atoms with E-state index in [0.29, 0.717) is 28.3 Å². The van der Waals surface area contributed by atoms with Gasteiger partial charge in [-0.25, -0.2) is 0 Å². The fourth-order valence-corrected chi connectivity index (χ4v) is 5.02. The average Bonchev–Trinajstić information content (AvgIpc) is 2.88. The number of benzene rings is 3. The van der Waals surface area contributed by atoms with Crippen LogP contribution < -0.4 is 15.4 Å². The van der Waals surface area contributed by atoms with Crippen LogP contribution in [-0.4, -0.2) is 13.0 Å². The zero-order valence-electron chi connectivity index (χ0n) is 19.0. The highest BCUT2D eigenvalue weighted by Crippen LogP contribution is 2.41. The molecule has 170 valence electrons. The Labute approximate surface area is 204 Å². The van der Waals surface area contributed by atoms with Gasteiger partial charge in [-0.3, -0.25) is 4.79 Å². The zero-order chi connectivity index (χ0) is 23.9. The second kappa shape index (κ2) is 10.8. The molecule has 34 heavy (non-hydrogen) atoms. The molecule has 2 N–H and O–H groups in total. The summed E-state index contributed by atoms with van der Waals surface area (Å²) >= 11 is 1.57. The number of thioether (sulfide) groups is 1. The third-order valence-corrected chi connectivity index (χ3v) is 6.69. The van der Waals surface area contributed by atoms with Crippen LogP contribution in [-0.2, 0) is 10.5 Å². The minimum atomic E-state index is -0.486. The lowest BCUT2D eigenvalue weighted by Gasteiger charge is -2.30. The van der Waals surface area contributed by atoms with Crippen LogP contribution in [0.4, 0.5) is 5.69 Å². The number of rotatable bonds is 7. The summed E-state index contributed by atoms with van der Waals surface area (Å²) in [6, 6.07) is 29.5. The monoisotopic (exact) mass is 467 g/mol. The predicted molar refractivity (Wildman–Crippen MR) is 137 cm³/mol. The maximum absolute atomic E-state index is 13.6. The molecule has 1 aliphatic heterocycles. The molecular formula is C28H25N3O2S. The van der Waals surface area contributed by atoms with E-state index >= 15 is 0 Å². The number of ether oxygens (including phenoxy) is 1. The maximum Gasteiger partial charge on any atom is 0.254 e. The van der Waals surface area contributed by atoms with Gasteiger partial charge in [-0.15, -0.1) is 11.8 Å². The molecule has 0 radical (unpaired) electrons. The number of nitrogens with zero attached hydrogens (tertiary/aromatic N) is 1. The third-order valence-electron chi connectivity index (χ3n) is 5.61. The summed E-state index contributed by atoms with van der Waals surface area (Å²) in [6.07, 6.45) is 0. The van der Waals surface area contributed by atoms with Gasteiger partial charge in [-0.2, -0.15) is 5.26 Å². The molecule has 3 aromatic carbocycles. The van der Waals surface area contributed by atoms with E-state index in [-0.39, 0.29) is 5.91 Å². The van der Waals surface area contributed by atoms with E-state index in [1.807, 2.05) is 67.6 Å². The summed E-state index contributed by atoms with van der Waals surface area (Å²) in [4.78, 5) is 13.6. The highest BCUT2D eigenvalue weighted by molar-refractivity contribution is 8.02. The zero-order valence-corrected chi connectivity index (χ0v) is 19.9. The van der Waals surface area contributed by atoms with E-state index in [1.54, 1.807) is 31.0 Å². The highest BCUT2D eigenvalue weighted by atomic mass is 32.2. The molecule has 6 heteroatoms. The van der Waals surface area contributed by atoms with Crippen LogP contribution >= 0.6 is 11.8 Å². The summed E-state index contributed by atoms with van der Waals surface area (Å²) in [5.74, 6) is 0.527. The topological polar surface area (TPSA) is 74.2 Å². The number of para-hydroxylation sites is 2. The number of methoxy groups -OCH3 is 1. The number of hydrogen-bond donors (Lipinski definition) is 2. The Bertz CT molecular complexity index is 1280. The van der Waals surface area contributed by atoms with Crippen LogP contribution in [0.5, 0.6) is 5.75 Å². The summed E-state index contributed by atoms with van der Waals surface area (Å²) in [5, 5.41) is 17.3. The summed E-state index contributed by atoms with van der Waals surface area (Å²) in [5.41, 5.74) is 4.39. The number of dihydropyridines is 1. The van der Waals surface area contributed by atoms with Crippen molar-refractivity contribution in [2.45, 2.75) is 18.6 Å². The normalized spacial score (nSPS) is 15.4. The van der Waals surface area contributed by atoms with Gasteiger partial charge in [0, 0.05) is 17.0 Å². The van der Waals surface area contributed by atoms with Crippen LogP contribution in [0.1, 0.15) is 24.0 Å². The van der Waals surface area contributed by atoms with E-state index < -0.39 is 5.92 Å². The van der Waals surface area contributed by atoms with E-state index in [2.05, 4.69) is 28.8 Å². The minimum absolute atomic E-state index is 0.275. The number of allylic oxidation sites excluding steroid dienone is 2. The molecule has 5 nitrogen and oxygen atoms in total. The second-order valence-corrected chi connectivity index (χ2v) is 8.78. The van der Waals surface area contributed by atoms with Gasteiger partial charge in [0.15, 0.2) is 0 Å². The average molecular weight is 468 g/mol. The van der Waals surface area contributed by atoms with Crippen LogP contribution in [0.15, 0.2) is 107 Å². The SMILES string of the molecule is COc1ccccc1NC(=O)C1=C(C)NC(SCc2ccccc2)=C(C#N)C1c1ccccc1. The van der Waals surface area contributed by atoms with Gasteiger partial charge in [0.25, 0.3) is 5.91 Å². The number of nitriles is 1. The summed E-state index contributed by atoms with van der Waals surface area (Å²) < 4.78 is 5.39. The molecule has 0 aromatic heterocycles. The maximum atomic E-state index is 13.6. The van der Waals surface area contributed by atoms with Crippen LogP contribution in [0.25, 0.3) is 0 Å². The first-order valence-electron chi connectivity index (χ1n) is 10.9. The molecule has 0 fully saturated rings. The molecule has 1 amide bonds. The van der Waals surface area contributed by atoms with Crippen molar-refractivity contribution in [1.29, 1.82) is 5.26 Å². The Morgan fingerprint density at radius 3 is 2.35 bits per heavy atom. The molecule has 1 atom stereocenters. The largest absolute Gasteiger partial charge is 0.495 e. The molecule has 1 heterocycles. The van der Waals surface area contributed by atoms with E-state index in [0.717, 1.165) is 21.9 Å². The first kappa shape index (κ1) is 23.2. The lowest BCUT2D eigenvalue weighted by atomic mass is 9.82. The molecule has 0 bridgehead atoms. The number of hydrogen-bond acceptors (Lipinski definition) is 5. The predicted octanol–water partition coefficient (Wildman–Crippen LogP) is 5.96. The lowest BCUT2D eigenvalue weighted by Crippen LogP contribution is -2.30.